The summed E-state index contributed by atoms with van der Waals surface area (Å²) in [6, 6.07) is 0.572. The molecule has 0 spiro atoms. The summed E-state index contributed by atoms with van der Waals surface area (Å²) in [4.78, 5) is 13.7. The lowest BCUT2D eigenvalue weighted by Crippen LogP contribution is -2.46. The fourth-order valence-electron chi connectivity index (χ4n) is 2.08. The smallest absolute Gasteiger partial charge is 0.225 e. The van der Waals surface area contributed by atoms with Crippen LogP contribution in [-0.2, 0) is 4.79 Å². The molecule has 0 aromatic heterocycles. The Labute approximate surface area is 98.6 Å². The number of nitrogens with zero attached hydrogens (tertiary/aromatic N) is 1. The third-order valence-electron chi connectivity index (χ3n) is 3.11. The van der Waals surface area contributed by atoms with Crippen molar-refractivity contribution in [3.8, 4) is 0 Å². The molecule has 1 amide bonds. The monoisotopic (exact) mass is 227 g/mol. The summed E-state index contributed by atoms with van der Waals surface area (Å²) in [7, 11) is 0. The van der Waals surface area contributed by atoms with Gasteiger partial charge in [-0.25, -0.2) is 0 Å². The fraction of sp³-hybridized carbons (Fsp3) is 0.917. The molecule has 0 aliphatic carbocycles. The van der Waals surface area contributed by atoms with Gasteiger partial charge < -0.3 is 16.0 Å². The van der Waals surface area contributed by atoms with Crippen molar-refractivity contribution in [1.82, 2.24) is 10.2 Å². The number of likely N-dealkylation sites (tertiary alicyclic amines) is 1. The highest BCUT2D eigenvalue weighted by molar-refractivity contribution is 5.78. The second-order valence-electron chi connectivity index (χ2n) is 4.85. The number of nitrogens with one attached hydrogen (secondary N) is 1. The van der Waals surface area contributed by atoms with E-state index in [0.29, 0.717) is 11.9 Å². The van der Waals surface area contributed by atoms with Crippen LogP contribution in [0, 0.1) is 5.92 Å². The molecule has 0 bridgehead atoms. The molecule has 1 saturated heterocycles. The Hall–Kier alpha value is -0.610. The van der Waals surface area contributed by atoms with Gasteiger partial charge >= 0.3 is 0 Å². The number of rotatable bonds is 5. The molecule has 94 valence electrons. The lowest BCUT2D eigenvalue weighted by Gasteiger charge is -2.33. The molecular formula is C12H25N3O. The van der Waals surface area contributed by atoms with Gasteiger partial charge in [0.15, 0.2) is 0 Å². The van der Waals surface area contributed by atoms with Gasteiger partial charge in [-0.15, -0.1) is 0 Å². The highest BCUT2D eigenvalue weighted by Crippen LogP contribution is 2.13. The molecule has 16 heavy (non-hydrogen) atoms. The summed E-state index contributed by atoms with van der Waals surface area (Å²) in [5, 5.41) is 3.49. The van der Waals surface area contributed by atoms with Gasteiger partial charge in [0.2, 0.25) is 5.91 Å². The van der Waals surface area contributed by atoms with Crippen LogP contribution >= 0.6 is 0 Å². The van der Waals surface area contributed by atoms with Gasteiger partial charge in [0.1, 0.15) is 0 Å². The Kier molecular flexibility index (Phi) is 5.77. The molecular weight excluding hydrogens is 202 g/mol. The molecule has 0 radical (unpaired) electrons. The maximum absolute atomic E-state index is 11.8. The van der Waals surface area contributed by atoms with Crippen LogP contribution in [0.5, 0.6) is 0 Å². The van der Waals surface area contributed by atoms with Crippen molar-refractivity contribution in [3.63, 3.8) is 0 Å². The Balaban J connectivity index is 2.20. The molecule has 4 nitrogen and oxygen atoms in total. The van der Waals surface area contributed by atoms with E-state index in [-0.39, 0.29) is 5.92 Å². The molecule has 1 rings (SSSR count). The average molecular weight is 227 g/mol. The van der Waals surface area contributed by atoms with E-state index in [1.807, 2.05) is 18.7 Å². The summed E-state index contributed by atoms with van der Waals surface area (Å²) in [6.07, 6.45) is 3.18. The average Bonchev–Trinajstić information content (AvgIpc) is 2.29. The highest BCUT2D eigenvalue weighted by atomic mass is 16.2. The van der Waals surface area contributed by atoms with Crippen LogP contribution in [0.25, 0.3) is 0 Å². The first-order valence-electron chi connectivity index (χ1n) is 6.37. The predicted molar refractivity (Wildman–Crippen MR) is 66.1 cm³/mol. The zero-order valence-corrected chi connectivity index (χ0v) is 10.5. The summed E-state index contributed by atoms with van der Waals surface area (Å²) >= 11 is 0. The largest absolute Gasteiger partial charge is 0.342 e. The van der Waals surface area contributed by atoms with Gasteiger partial charge in [-0.05, 0) is 32.4 Å². The molecule has 0 aromatic carbocycles. The highest BCUT2D eigenvalue weighted by Gasteiger charge is 2.23. The molecule has 0 atom stereocenters. The number of hydrogen-bond acceptors (Lipinski definition) is 3. The normalized spacial score (nSPS) is 18.1. The van der Waals surface area contributed by atoms with Crippen LogP contribution in [0.3, 0.4) is 0 Å². The van der Waals surface area contributed by atoms with Crippen LogP contribution < -0.4 is 11.1 Å². The minimum Gasteiger partial charge on any atom is -0.342 e. The van der Waals surface area contributed by atoms with E-state index in [2.05, 4.69) is 5.32 Å². The minimum absolute atomic E-state index is 0.127. The zero-order valence-electron chi connectivity index (χ0n) is 10.5. The van der Waals surface area contributed by atoms with Gasteiger partial charge in [-0.3, -0.25) is 4.79 Å². The second-order valence-corrected chi connectivity index (χ2v) is 4.85. The molecule has 1 fully saturated rings. The summed E-state index contributed by atoms with van der Waals surface area (Å²) in [5.41, 5.74) is 5.45. The maximum atomic E-state index is 11.8. The predicted octanol–water partition coefficient (Wildman–Crippen LogP) is 0.572. The first-order valence-corrected chi connectivity index (χ1v) is 6.37. The van der Waals surface area contributed by atoms with Crippen molar-refractivity contribution in [3.05, 3.63) is 0 Å². The third-order valence-corrected chi connectivity index (χ3v) is 3.11. The van der Waals surface area contributed by atoms with E-state index >= 15 is 0 Å². The quantitative estimate of drug-likeness (QED) is 0.675. The van der Waals surface area contributed by atoms with Crippen LogP contribution in [0.2, 0.25) is 0 Å². The molecule has 1 aliphatic rings. The third kappa shape index (κ3) is 4.10. The second kappa shape index (κ2) is 6.86. The first-order chi connectivity index (χ1) is 7.65. The van der Waals surface area contributed by atoms with Crippen molar-refractivity contribution in [2.45, 2.75) is 39.2 Å². The Morgan fingerprint density at radius 3 is 2.56 bits per heavy atom. The van der Waals surface area contributed by atoms with Crippen molar-refractivity contribution in [2.75, 3.05) is 26.2 Å². The summed E-state index contributed by atoms with van der Waals surface area (Å²) in [6.45, 7) is 7.48. The first kappa shape index (κ1) is 13.5. The molecule has 0 unspecified atom stereocenters. The van der Waals surface area contributed by atoms with Gasteiger partial charge in [0.05, 0.1) is 0 Å². The minimum atomic E-state index is 0.127. The fourth-order valence-corrected chi connectivity index (χ4v) is 2.08. The molecule has 1 heterocycles. The van der Waals surface area contributed by atoms with Gasteiger partial charge in [0, 0.05) is 25.0 Å². The summed E-state index contributed by atoms with van der Waals surface area (Å²) < 4.78 is 0. The number of carbonyl (C=O) groups excluding carboxylic acids is 1. The Morgan fingerprint density at radius 1 is 1.44 bits per heavy atom. The lowest BCUT2D eigenvalue weighted by atomic mass is 10.0. The number of carbonyl (C=O) groups is 1. The Bertz CT molecular complexity index is 210. The lowest BCUT2D eigenvalue weighted by molar-refractivity contribution is -0.135. The van der Waals surface area contributed by atoms with Crippen LogP contribution in [0.1, 0.15) is 33.1 Å². The number of hydrogen-bond donors (Lipinski definition) is 2. The van der Waals surface area contributed by atoms with Crippen molar-refractivity contribution >= 4 is 5.91 Å². The number of nitrogens with two attached hydrogens (primary N) is 1. The van der Waals surface area contributed by atoms with E-state index in [4.69, 9.17) is 5.73 Å². The molecule has 3 N–H and O–H groups in total. The molecule has 1 aliphatic heterocycles. The number of piperidine rings is 1. The van der Waals surface area contributed by atoms with E-state index in [1.165, 1.54) is 0 Å². The van der Waals surface area contributed by atoms with Gasteiger partial charge in [-0.2, -0.15) is 0 Å². The SMILES string of the molecule is CC(C)C(=O)N1CCC(NCCCN)CC1. The standard InChI is InChI=1S/C12H25N3O/c1-10(2)12(16)15-8-4-11(5-9-15)14-7-3-6-13/h10-11,14H,3-9,13H2,1-2H3. The van der Waals surface area contributed by atoms with Gasteiger partial charge in [0.25, 0.3) is 0 Å². The zero-order chi connectivity index (χ0) is 12.0. The number of amides is 1. The van der Waals surface area contributed by atoms with Crippen LogP contribution in [0.15, 0.2) is 0 Å². The molecule has 0 saturated carbocycles. The topological polar surface area (TPSA) is 58.4 Å². The van der Waals surface area contributed by atoms with Gasteiger partial charge in [-0.1, -0.05) is 13.8 Å². The van der Waals surface area contributed by atoms with E-state index < -0.39 is 0 Å². The van der Waals surface area contributed by atoms with Crippen molar-refractivity contribution < 1.29 is 4.79 Å². The van der Waals surface area contributed by atoms with Crippen molar-refractivity contribution in [2.24, 2.45) is 11.7 Å². The molecule has 4 heteroatoms. The molecule has 0 aromatic rings. The van der Waals surface area contributed by atoms with E-state index in [0.717, 1.165) is 45.4 Å². The Morgan fingerprint density at radius 2 is 2.06 bits per heavy atom. The van der Waals surface area contributed by atoms with Crippen molar-refractivity contribution in [1.29, 1.82) is 0 Å². The summed E-state index contributed by atoms with van der Waals surface area (Å²) in [5.74, 6) is 0.419. The van der Waals surface area contributed by atoms with E-state index in [9.17, 15) is 4.79 Å². The van der Waals surface area contributed by atoms with Crippen LogP contribution in [-0.4, -0.2) is 43.0 Å². The van der Waals surface area contributed by atoms with Crippen LogP contribution in [0.4, 0.5) is 0 Å². The maximum Gasteiger partial charge on any atom is 0.225 e. The van der Waals surface area contributed by atoms with E-state index in [1.54, 1.807) is 0 Å².